The summed E-state index contributed by atoms with van der Waals surface area (Å²) in [6, 6.07) is 0.834. The summed E-state index contributed by atoms with van der Waals surface area (Å²) >= 11 is 0. The van der Waals surface area contributed by atoms with Crippen molar-refractivity contribution in [3.63, 3.8) is 0 Å². The number of carbonyl (C=O) groups is 1. The largest absolute Gasteiger partial charge is 0.480 e. The molecule has 1 N–H and O–H groups in total. The first-order chi connectivity index (χ1) is 7.88. The van der Waals surface area contributed by atoms with E-state index in [0.717, 1.165) is 17.0 Å². The van der Waals surface area contributed by atoms with Crippen molar-refractivity contribution in [2.24, 2.45) is 0 Å². The van der Waals surface area contributed by atoms with Gasteiger partial charge in [-0.3, -0.25) is 4.79 Å². The Morgan fingerprint density at radius 1 is 1.41 bits per heavy atom. The van der Waals surface area contributed by atoms with Crippen LogP contribution in [0, 0.1) is 0 Å². The monoisotopic (exact) mass is 245 g/mol. The average molecular weight is 245 g/mol. The molecule has 0 amide bonds. The third kappa shape index (κ3) is 2.19. The third-order valence-electron chi connectivity index (χ3n) is 2.09. The molecule has 0 unspecified atom stereocenters. The molecular formula is C9H6F3N3O2. The van der Waals surface area contributed by atoms with E-state index in [-0.39, 0.29) is 11.2 Å². The standard InChI is InChI=1S/C9H6F3N3O2/c10-9(11,12)5-1-6-8(13-2-5)15(4-14-6)3-7(16)17/h1-2,4H,3H2,(H,16,17). The summed E-state index contributed by atoms with van der Waals surface area (Å²) in [6.45, 7) is -0.394. The number of hydrogen-bond donors (Lipinski definition) is 1. The van der Waals surface area contributed by atoms with Crippen LogP contribution in [-0.2, 0) is 17.5 Å². The predicted molar refractivity (Wildman–Crippen MR) is 50.2 cm³/mol. The molecule has 17 heavy (non-hydrogen) atoms. The summed E-state index contributed by atoms with van der Waals surface area (Å²) in [4.78, 5) is 17.7. The molecule has 0 bridgehead atoms. The minimum Gasteiger partial charge on any atom is -0.480 e. The molecule has 0 saturated carbocycles. The van der Waals surface area contributed by atoms with E-state index in [1.165, 1.54) is 0 Å². The van der Waals surface area contributed by atoms with Crippen LogP contribution >= 0.6 is 0 Å². The maximum Gasteiger partial charge on any atom is 0.417 e. The zero-order chi connectivity index (χ0) is 12.6. The van der Waals surface area contributed by atoms with E-state index in [0.29, 0.717) is 6.20 Å². The van der Waals surface area contributed by atoms with Crippen LogP contribution in [0.1, 0.15) is 5.56 Å². The maximum absolute atomic E-state index is 12.4. The van der Waals surface area contributed by atoms with Crippen LogP contribution in [0.5, 0.6) is 0 Å². The lowest BCUT2D eigenvalue weighted by molar-refractivity contribution is -0.138. The van der Waals surface area contributed by atoms with Gasteiger partial charge in [-0.25, -0.2) is 9.97 Å². The van der Waals surface area contributed by atoms with Gasteiger partial charge in [0.2, 0.25) is 0 Å². The Hall–Kier alpha value is -2.12. The van der Waals surface area contributed by atoms with E-state index in [1.54, 1.807) is 0 Å². The number of hydrogen-bond acceptors (Lipinski definition) is 3. The first kappa shape index (κ1) is 11.4. The molecule has 2 aromatic rings. The average Bonchev–Trinajstić information content (AvgIpc) is 2.59. The van der Waals surface area contributed by atoms with Gasteiger partial charge in [0.25, 0.3) is 0 Å². The Morgan fingerprint density at radius 2 is 2.12 bits per heavy atom. The molecule has 2 rings (SSSR count). The molecule has 5 nitrogen and oxygen atoms in total. The van der Waals surface area contributed by atoms with Gasteiger partial charge in [0, 0.05) is 6.20 Å². The van der Waals surface area contributed by atoms with Crippen molar-refractivity contribution >= 4 is 17.1 Å². The number of halogens is 3. The molecule has 0 aliphatic rings. The molecular weight excluding hydrogens is 239 g/mol. The van der Waals surface area contributed by atoms with Gasteiger partial charge in [-0.1, -0.05) is 0 Å². The molecule has 0 fully saturated rings. The minimum absolute atomic E-state index is 0.0149. The van der Waals surface area contributed by atoms with Crippen LogP contribution in [0.2, 0.25) is 0 Å². The third-order valence-corrected chi connectivity index (χ3v) is 2.09. The van der Waals surface area contributed by atoms with Crippen LogP contribution in [-0.4, -0.2) is 25.6 Å². The highest BCUT2D eigenvalue weighted by atomic mass is 19.4. The molecule has 0 spiro atoms. The van der Waals surface area contributed by atoms with Gasteiger partial charge in [0.05, 0.1) is 11.9 Å². The Balaban J connectivity index is 2.48. The normalized spacial score (nSPS) is 11.9. The number of carboxylic acid groups (broad SMARTS) is 1. The van der Waals surface area contributed by atoms with Crippen molar-refractivity contribution in [2.75, 3.05) is 0 Å². The smallest absolute Gasteiger partial charge is 0.417 e. The van der Waals surface area contributed by atoms with E-state index in [4.69, 9.17) is 5.11 Å². The van der Waals surface area contributed by atoms with Crippen LogP contribution in [0.3, 0.4) is 0 Å². The molecule has 2 aromatic heterocycles. The predicted octanol–water partition coefficient (Wildman–Crippen LogP) is 1.53. The van der Waals surface area contributed by atoms with E-state index < -0.39 is 24.3 Å². The highest BCUT2D eigenvalue weighted by Crippen LogP contribution is 2.29. The minimum atomic E-state index is -4.49. The van der Waals surface area contributed by atoms with Crippen LogP contribution in [0.15, 0.2) is 18.6 Å². The summed E-state index contributed by atoms with van der Waals surface area (Å²) in [5.41, 5.74) is -0.785. The van der Waals surface area contributed by atoms with Crippen LogP contribution in [0.25, 0.3) is 11.2 Å². The highest BCUT2D eigenvalue weighted by Gasteiger charge is 2.31. The van der Waals surface area contributed by atoms with Gasteiger partial charge in [0.15, 0.2) is 5.65 Å². The number of pyridine rings is 1. The molecule has 2 heterocycles. The van der Waals surface area contributed by atoms with Crippen molar-refractivity contribution in [3.05, 3.63) is 24.2 Å². The first-order valence-electron chi connectivity index (χ1n) is 4.48. The Kier molecular flexibility index (Phi) is 2.49. The fourth-order valence-electron chi connectivity index (χ4n) is 1.37. The van der Waals surface area contributed by atoms with Crippen molar-refractivity contribution in [3.8, 4) is 0 Å². The number of carboxylic acids is 1. The van der Waals surface area contributed by atoms with Gasteiger partial charge in [-0.2, -0.15) is 13.2 Å². The summed E-state index contributed by atoms with van der Waals surface area (Å²) < 4.78 is 38.3. The van der Waals surface area contributed by atoms with Gasteiger partial charge >= 0.3 is 12.1 Å². The fraction of sp³-hybridized carbons (Fsp3) is 0.222. The Morgan fingerprint density at radius 3 is 2.71 bits per heavy atom. The number of aromatic nitrogens is 3. The molecule has 0 atom stereocenters. The van der Waals surface area contributed by atoms with Crippen molar-refractivity contribution in [2.45, 2.75) is 12.7 Å². The second-order valence-corrected chi connectivity index (χ2v) is 3.33. The quantitative estimate of drug-likeness (QED) is 0.871. The number of rotatable bonds is 2. The van der Waals surface area contributed by atoms with E-state index in [2.05, 4.69) is 9.97 Å². The number of aliphatic carboxylic acids is 1. The molecule has 8 heteroatoms. The van der Waals surface area contributed by atoms with Gasteiger partial charge < -0.3 is 9.67 Å². The Bertz CT molecular complexity index is 576. The van der Waals surface area contributed by atoms with E-state index in [1.807, 2.05) is 0 Å². The maximum atomic E-state index is 12.4. The summed E-state index contributed by atoms with van der Waals surface area (Å²) in [6.07, 6.45) is -2.69. The zero-order valence-electron chi connectivity index (χ0n) is 8.27. The molecule has 0 saturated heterocycles. The van der Waals surface area contributed by atoms with Gasteiger partial charge in [0.1, 0.15) is 12.1 Å². The lowest BCUT2D eigenvalue weighted by Gasteiger charge is -2.05. The second kappa shape index (κ2) is 3.72. The van der Waals surface area contributed by atoms with Crippen molar-refractivity contribution < 1.29 is 23.1 Å². The molecule has 90 valence electrons. The zero-order valence-corrected chi connectivity index (χ0v) is 8.27. The molecule has 0 radical (unpaired) electrons. The van der Waals surface area contributed by atoms with E-state index in [9.17, 15) is 18.0 Å². The van der Waals surface area contributed by atoms with Crippen molar-refractivity contribution in [1.82, 2.24) is 14.5 Å². The number of fused-ring (bicyclic) bond motifs is 1. The van der Waals surface area contributed by atoms with E-state index >= 15 is 0 Å². The number of nitrogens with zero attached hydrogens (tertiary/aromatic N) is 3. The molecule has 0 aliphatic carbocycles. The van der Waals surface area contributed by atoms with Crippen molar-refractivity contribution in [1.29, 1.82) is 0 Å². The summed E-state index contributed by atoms with van der Waals surface area (Å²) in [7, 11) is 0. The molecule has 0 aliphatic heterocycles. The summed E-state index contributed by atoms with van der Waals surface area (Å²) in [5, 5.41) is 8.57. The van der Waals surface area contributed by atoms with Gasteiger partial charge in [-0.05, 0) is 6.07 Å². The van der Waals surface area contributed by atoms with Gasteiger partial charge in [-0.15, -0.1) is 0 Å². The lowest BCUT2D eigenvalue weighted by Crippen LogP contribution is -2.09. The van der Waals surface area contributed by atoms with Crippen LogP contribution < -0.4 is 0 Å². The topological polar surface area (TPSA) is 68.0 Å². The highest BCUT2D eigenvalue weighted by molar-refractivity contribution is 5.74. The first-order valence-corrected chi connectivity index (χ1v) is 4.48. The second-order valence-electron chi connectivity index (χ2n) is 3.33. The Labute approximate surface area is 92.5 Å². The molecule has 0 aromatic carbocycles. The lowest BCUT2D eigenvalue weighted by atomic mass is 10.2. The number of alkyl halides is 3. The number of imidazole rings is 1. The van der Waals surface area contributed by atoms with Crippen LogP contribution in [0.4, 0.5) is 13.2 Å². The SMILES string of the molecule is O=C(O)Cn1cnc2cc(C(F)(F)F)cnc21. The summed E-state index contributed by atoms with van der Waals surface area (Å²) in [5.74, 6) is -1.12. The fourth-order valence-corrected chi connectivity index (χ4v) is 1.37.